The van der Waals surface area contributed by atoms with Gasteiger partial charge in [0.1, 0.15) is 12.1 Å². The molecule has 6 nitrogen and oxygen atoms in total. The normalized spacial score (nSPS) is 18.4. The van der Waals surface area contributed by atoms with Crippen molar-refractivity contribution in [3.8, 4) is 0 Å². The molecular weight excluding hydrogens is 426 g/mol. The van der Waals surface area contributed by atoms with Crippen LogP contribution in [-0.4, -0.2) is 29.3 Å². The highest BCUT2D eigenvalue weighted by atomic mass is 16.2. The van der Waals surface area contributed by atoms with Gasteiger partial charge in [0.2, 0.25) is 5.91 Å². The predicted molar refractivity (Wildman–Crippen MR) is 131 cm³/mol. The molecule has 4 amide bonds. The summed E-state index contributed by atoms with van der Waals surface area (Å²) in [6, 6.07) is 28.0. The third-order valence-corrected chi connectivity index (χ3v) is 6.19. The predicted octanol–water partition coefficient (Wildman–Crippen LogP) is 4.33. The van der Waals surface area contributed by atoms with E-state index in [-0.39, 0.29) is 24.4 Å². The van der Waals surface area contributed by atoms with Crippen molar-refractivity contribution in [2.45, 2.75) is 37.8 Å². The van der Waals surface area contributed by atoms with Crippen LogP contribution in [-0.2, 0) is 21.5 Å². The minimum absolute atomic E-state index is 0.286. The van der Waals surface area contributed by atoms with Gasteiger partial charge in [0.05, 0.1) is 6.04 Å². The van der Waals surface area contributed by atoms with Gasteiger partial charge in [-0.3, -0.25) is 14.5 Å². The minimum atomic E-state index is -1.14. The topological polar surface area (TPSA) is 78.5 Å². The molecule has 0 bridgehead atoms. The van der Waals surface area contributed by atoms with Crippen LogP contribution in [0, 0.1) is 0 Å². The van der Waals surface area contributed by atoms with Gasteiger partial charge in [-0.05, 0) is 29.5 Å². The number of nitrogens with zero attached hydrogens (tertiary/aromatic N) is 1. The summed E-state index contributed by atoms with van der Waals surface area (Å²) in [5.41, 5.74) is 1.62. The van der Waals surface area contributed by atoms with Crippen LogP contribution in [0.2, 0.25) is 0 Å². The second-order valence-corrected chi connectivity index (χ2v) is 8.56. The van der Waals surface area contributed by atoms with E-state index in [9.17, 15) is 14.4 Å². The van der Waals surface area contributed by atoms with Crippen LogP contribution in [0.5, 0.6) is 0 Å². The Morgan fingerprint density at radius 1 is 0.912 bits per heavy atom. The Morgan fingerprint density at radius 3 is 2.12 bits per heavy atom. The van der Waals surface area contributed by atoms with E-state index in [2.05, 4.69) is 10.6 Å². The van der Waals surface area contributed by atoms with E-state index in [1.165, 1.54) is 0 Å². The summed E-state index contributed by atoms with van der Waals surface area (Å²) in [6.45, 7) is 1.63. The lowest BCUT2D eigenvalue weighted by atomic mass is 9.85. The highest BCUT2D eigenvalue weighted by Crippen LogP contribution is 2.33. The molecule has 0 spiro atoms. The van der Waals surface area contributed by atoms with E-state index in [1.54, 1.807) is 0 Å². The molecule has 1 saturated heterocycles. The maximum Gasteiger partial charge on any atom is 0.325 e. The Bertz CT molecular complexity index is 1140. The Kier molecular flexibility index (Phi) is 7.07. The molecule has 174 valence electrons. The monoisotopic (exact) mass is 455 g/mol. The van der Waals surface area contributed by atoms with Gasteiger partial charge in [-0.15, -0.1) is 0 Å². The summed E-state index contributed by atoms with van der Waals surface area (Å²) < 4.78 is 0. The first-order valence-corrected chi connectivity index (χ1v) is 11.6. The molecule has 34 heavy (non-hydrogen) atoms. The zero-order valence-electron chi connectivity index (χ0n) is 19.2. The highest BCUT2D eigenvalue weighted by molar-refractivity contribution is 6.09. The number of amides is 4. The lowest BCUT2D eigenvalue weighted by molar-refractivity contribution is -0.135. The molecule has 2 atom stereocenters. The third kappa shape index (κ3) is 4.86. The van der Waals surface area contributed by atoms with E-state index in [1.807, 2.05) is 97.9 Å². The number of carbonyl (C=O) groups is 3. The summed E-state index contributed by atoms with van der Waals surface area (Å²) in [5.74, 6) is -0.770. The van der Waals surface area contributed by atoms with Crippen molar-refractivity contribution in [1.29, 1.82) is 0 Å². The SMILES string of the molecule is CCC[C@]1(c2ccccc2)NC(=O)N(CC(=O)N[C@@H](Cc2ccccc2)c2ccccc2)C1=O. The van der Waals surface area contributed by atoms with Crippen LogP contribution in [0.4, 0.5) is 4.79 Å². The highest BCUT2D eigenvalue weighted by Gasteiger charge is 2.52. The van der Waals surface area contributed by atoms with Crippen molar-refractivity contribution < 1.29 is 14.4 Å². The maximum absolute atomic E-state index is 13.5. The lowest BCUT2D eigenvalue weighted by Gasteiger charge is -2.27. The van der Waals surface area contributed by atoms with Crippen LogP contribution in [0.1, 0.15) is 42.5 Å². The van der Waals surface area contributed by atoms with Crippen LogP contribution in [0.15, 0.2) is 91.0 Å². The van der Waals surface area contributed by atoms with Gasteiger partial charge >= 0.3 is 6.03 Å². The summed E-state index contributed by atoms with van der Waals surface area (Å²) in [4.78, 5) is 40.4. The number of imide groups is 1. The number of hydrogen-bond acceptors (Lipinski definition) is 3. The van der Waals surface area contributed by atoms with E-state index < -0.39 is 11.6 Å². The van der Waals surface area contributed by atoms with Gasteiger partial charge in [-0.25, -0.2) is 4.79 Å². The van der Waals surface area contributed by atoms with Crippen molar-refractivity contribution in [2.24, 2.45) is 0 Å². The molecule has 1 heterocycles. The molecule has 3 aromatic carbocycles. The molecule has 0 aromatic heterocycles. The standard InChI is InChI=1S/C28H29N3O3/c1-2-18-28(23-16-10-5-11-17-23)26(33)31(27(34)30-28)20-25(32)29-24(22-14-8-4-9-15-22)19-21-12-6-3-7-13-21/h3-17,24H,2,18-20H2,1H3,(H,29,32)(H,30,34)/t24-,28+/m0/s1. The molecule has 4 rings (SSSR count). The molecule has 0 radical (unpaired) electrons. The molecule has 1 fully saturated rings. The molecule has 2 N–H and O–H groups in total. The molecule has 6 heteroatoms. The van der Waals surface area contributed by atoms with E-state index in [4.69, 9.17) is 0 Å². The van der Waals surface area contributed by atoms with Gasteiger partial charge < -0.3 is 10.6 Å². The number of urea groups is 1. The van der Waals surface area contributed by atoms with E-state index >= 15 is 0 Å². The van der Waals surface area contributed by atoms with E-state index in [0.29, 0.717) is 19.3 Å². The first-order chi connectivity index (χ1) is 16.5. The average molecular weight is 456 g/mol. The van der Waals surface area contributed by atoms with Gasteiger partial charge in [0, 0.05) is 0 Å². The Hall–Kier alpha value is -3.93. The van der Waals surface area contributed by atoms with Crippen molar-refractivity contribution in [1.82, 2.24) is 15.5 Å². The fourth-order valence-electron chi connectivity index (χ4n) is 4.55. The van der Waals surface area contributed by atoms with Crippen molar-refractivity contribution in [3.63, 3.8) is 0 Å². The Labute approximate surface area is 200 Å². The second kappa shape index (κ2) is 10.3. The maximum atomic E-state index is 13.5. The van der Waals surface area contributed by atoms with Crippen molar-refractivity contribution >= 4 is 17.8 Å². The number of hydrogen-bond donors (Lipinski definition) is 2. The van der Waals surface area contributed by atoms with Crippen LogP contribution in [0.25, 0.3) is 0 Å². The van der Waals surface area contributed by atoms with Crippen LogP contribution < -0.4 is 10.6 Å². The number of nitrogens with one attached hydrogen (secondary N) is 2. The first kappa shape index (κ1) is 23.2. The minimum Gasteiger partial charge on any atom is -0.347 e. The second-order valence-electron chi connectivity index (χ2n) is 8.56. The lowest BCUT2D eigenvalue weighted by Crippen LogP contribution is -2.45. The quantitative estimate of drug-likeness (QED) is 0.471. The fourth-order valence-corrected chi connectivity index (χ4v) is 4.55. The zero-order valence-corrected chi connectivity index (χ0v) is 19.2. The average Bonchev–Trinajstić information content (AvgIpc) is 3.10. The fraction of sp³-hybridized carbons (Fsp3) is 0.250. The van der Waals surface area contributed by atoms with Gasteiger partial charge in [0.15, 0.2) is 0 Å². The zero-order chi connectivity index (χ0) is 24.0. The smallest absolute Gasteiger partial charge is 0.325 e. The Balaban J connectivity index is 1.52. The third-order valence-electron chi connectivity index (χ3n) is 6.19. The van der Waals surface area contributed by atoms with Gasteiger partial charge in [-0.1, -0.05) is 104 Å². The number of benzene rings is 3. The number of rotatable bonds is 9. The molecule has 0 saturated carbocycles. The molecule has 3 aromatic rings. The summed E-state index contributed by atoms with van der Waals surface area (Å²) in [7, 11) is 0. The molecule has 1 aliphatic rings. The van der Waals surface area contributed by atoms with Crippen molar-refractivity contribution in [3.05, 3.63) is 108 Å². The van der Waals surface area contributed by atoms with Crippen LogP contribution >= 0.6 is 0 Å². The molecule has 1 aliphatic heterocycles. The summed E-state index contributed by atoms with van der Waals surface area (Å²) >= 11 is 0. The first-order valence-electron chi connectivity index (χ1n) is 11.6. The molecule has 0 aliphatic carbocycles. The van der Waals surface area contributed by atoms with Gasteiger partial charge in [-0.2, -0.15) is 0 Å². The van der Waals surface area contributed by atoms with Gasteiger partial charge in [0.25, 0.3) is 5.91 Å². The number of carbonyl (C=O) groups excluding carboxylic acids is 3. The largest absolute Gasteiger partial charge is 0.347 e. The van der Waals surface area contributed by atoms with E-state index in [0.717, 1.165) is 21.6 Å². The summed E-state index contributed by atoms with van der Waals surface area (Å²) in [5, 5.41) is 5.91. The summed E-state index contributed by atoms with van der Waals surface area (Å²) in [6.07, 6.45) is 1.76. The van der Waals surface area contributed by atoms with Crippen LogP contribution in [0.3, 0.4) is 0 Å². The van der Waals surface area contributed by atoms with Crippen molar-refractivity contribution in [2.75, 3.05) is 6.54 Å². The molecule has 0 unspecified atom stereocenters. The Morgan fingerprint density at radius 2 is 1.50 bits per heavy atom. The molecular formula is C28H29N3O3.